The molecule has 2 aromatic rings. The smallest absolute Gasteiger partial charge is 0.152 e. The molecule has 0 unspecified atom stereocenters. The highest BCUT2D eigenvalue weighted by atomic mass is 15.3. The average molecular weight is 254 g/mol. The Kier molecular flexibility index (Phi) is 2.80. The lowest BCUT2D eigenvalue weighted by Gasteiger charge is -2.29. The van der Waals surface area contributed by atoms with E-state index in [2.05, 4.69) is 25.7 Å². The molecule has 2 N–H and O–H groups in total. The second-order valence-corrected chi connectivity index (χ2v) is 4.58. The molecule has 0 fully saturated rings. The zero-order valence-electron chi connectivity index (χ0n) is 10.5. The summed E-state index contributed by atoms with van der Waals surface area (Å²) in [7, 11) is 0. The first-order valence-electron chi connectivity index (χ1n) is 6.15. The van der Waals surface area contributed by atoms with E-state index in [1.54, 1.807) is 6.33 Å². The molecule has 0 aliphatic carbocycles. The van der Waals surface area contributed by atoms with E-state index in [1.165, 1.54) is 0 Å². The molecule has 0 amide bonds. The van der Waals surface area contributed by atoms with Crippen molar-refractivity contribution in [2.45, 2.75) is 19.5 Å². The highest BCUT2D eigenvalue weighted by Crippen LogP contribution is 2.24. The Labute approximate surface area is 111 Å². The number of aromatic nitrogens is 3. The standard InChI is InChI=1S/C13H14N6/c14-4-3-10-7-11(1-2-12(10)15)18-5-6-19-9-16-17-13(19)8-18/h1-2,7,9H,3,5-6,8,15H2. The van der Waals surface area contributed by atoms with E-state index in [1.807, 2.05) is 18.2 Å². The van der Waals surface area contributed by atoms with Gasteiger partial charge in [0.15, 0.2) is 5.82 Å². The van der Waals surface area contributed by atoms with Crippen molar-refractivity contribution in [2.24, 2.45) is 0 Å². The van der Waals surface area contributed by atoms with E-state index in [0.717, 1.165) is 36.7 Å². The maximum absolute atomic E-state index is 8.81. The molecule has 19 heavy (non-hydrogen) atoms. The van der Waals surface area contributed by atoms with Crippen molar-refractivity contribution in [3.05, 3.63) is 35.9 Å². The van der Waals surface area contributed by atoms with E-state index in [9.17, 15) is 0 Å². The number of nitrogen functional groups attached to an aromatic ring is 1. The van der Waals surface area contributed by atoms with Gasteiger partial charge in [0.25, 0.3) is 0 Å². The molecular formula is C13H14N6. The van der Waals surface area contributed by atoms with Crippen LogP contribution in [0, 0.1) is 11.3 Å². The van der Waals surface area contributed by atoms with Crippen LogP contribution in [0.15, 0.2) is 24.5 Å². The first kappa shape index (κ1) is 11.5. The largest absolute Gasteiger partial charge is 0.398 e. The van der Waals surface area contributed by atoms with E-state index in [-0.39, 0.29) is 0 Å². The van der Waals surface area contributed by atoms with E-state index < -0.39 is 0 Å². The summed E-state index contributed by atoms with van der Waals surface area (Å²) in [6.45, 7) is 2.51. The van der Waals surface area contributed by atoms with Crippen LogP contribution in [-0.4, -0.2) is 21.3 Å². The summed E-state index contributed by atoms with van der Waals surface area (Å²) in [4.78, 5) is 2.23. The maximum Gasteiger partial charge on any atom is 0.152 e. The maximum atomic E-state index is 8.81. The summed E-state index contributed by atoms with van der Waals surface area (Å²) in [6.07, 6.45) is 2.10. The van der Waals surface area contributed by atoms with Crippen LogP contribution in [0.4, 0.5) is 11.4 Å². The van der Waals surface area contributed by atoms with Crippen LogP contribution < -0.4 is 10.6 Å². The molecule has 1 aromatic heterocycles. The molecule has 1 aromatic carbocycles. The van der Waals surface area contributed by atoms with Gasteiger partial charge in [-0.25, -0.2) is 0 Å². The Morgan fingerprint density at radius 2 is 2.26 bits per heavy atom. The molecule has 0 atom stereocenters. The summed E-state index contributed by atoms with van der Waals surface area (Å²) in [6, 6.07) is 7.98. The second kappa shape index (κ2) is 4.61. The zero-order chi connectivity index (χ0) is 13.2. The van der Waals surface area contributed by atoms with Crippen LogP contribution in [0.3, 0.4) is 0 Å². The first-order valence-corrected chi connectivity index (χ1v) is 6.15. The summed E-state index contributed by atoms with van der Waals surface area (Å²) in [5.41, 5.74) is 8.50. The summed E-state index contributed by atoms with van der Waals surface area (Å²) >= 11 is 0. The van der Waals surface area contributed by atoms with Gasteiger partial charge in [-0.05, 0) is 23.8 Å². The fourth-order valence-electron chi connectivity index (χ4n) is 2.31. The minimum Gasteiger partial charge on any atom is -0.398 e. The normalized spacial score (nSPS) is 13.9. The molecule has 1 aliphatic rings. The number of anilines is 2. The Bertz CT molecular complexity index is 639. The second-order valence-electron chi connectivity index (χ2n) is 4.58. The predicted octanol–water partition coefficient (Wildman–Crippen LogP) is 0.947. The lowest BCUT2D eigenvalue weighted by molar-refractivity contribution is 0.560. The number of nitrogens with zero attached hydrogens (tertiary/aromatic N) is 5. The van der Waals surface area contributed by atoms with Crippen LogP contribution in [-0.2, 0) is 19.5 Å². The van der Waals surface area contributed by atoms with Crippen molar-refractivity contribution in [3.63, 3.8) is 0 Å². The Hall–Kier alpha value is -2.55. The molecule has 1 aliphatic heterocycles. The number of fused-ring (bicyclic) bond motifs is 1. The van der Waals surface area contributed by atoms with Gasteiger partial charge in [-0.15, -0.1) is 10.2 Å². The quantitative estimate of drug-likeness (QED) is 0.806. The minimum absolute atomic E-state index is 0.337. The number of rotatable bonds is 2. The first-order chi connectivity index (χ1) is 9.28. The van der Waals surface area contributed by atoms with Crippen LogP contribution in [0.2, 0.25) is 0 Å². The third-order valence-electron chi connectivity index (χ3n) is 3.40. The molecule has 0 spiro atoms. The van der Waals surface area contributed by atoms with E-state index in [4.69, 9.17) is 11.0 Å². The molecular weight excluding hydrogens is 240 g/mol. The molecule has 0 saturated heterocycles. The predicted molar refractivity (Wildman–Crippen MR) is 71.2 cm³/mol. The number of hydrogen-bond acceptors (Lipinski definition) is 5. The van der Waals surface area contributed by atoms with Crippen molar-refractivity contribution >= 4 is 11.4 Å². The number of nitriles is 1. The Morgan fingerprint density at radius 3 is 3.11 bits per heavy atom. The lowest BCUT2D eigenvalue weighted by atomic mass is 10.1. The zero-order valence-corrected chi connectivity index (χ0v) is 10.5. The fraction of sp³-hybridized carbons (Fsp3) is 0.308. The molecule has 0 saturated carbocycles. The average Bonchev–Trinajstić information content (AvgIpc) is 2.89. The fourth-order valence-corrected chi connectivity index (χ4v) is 2.31. The third kappa shape index (κ3) is 2.10. The monoisotopic (exact) mass is 254 g/mol. The molecule has 0 bridgehead atoms. The molecule has 3 rings (SSSR count). The number of hydrogen-bond donors (Lipinski definition) is 1. The molecule has 6 nitrogen and oxygen atoms in total. The van der Waals surface area contributed by atoms with Crippen LogP contribution in [0.5, 0.6) is 0 Å². The summed E-state index contributed by atoms with van der Waals surface area (Å²) in [5, 5.41) is 16.8. The third-order valence-corrected chi connectivity index (χ3v) is 3.40. The number of nitrogens with two attached hydrogens (primary N) is 1. The molecule has 0 radical (unpaired) electrons. The topological polar surface area (TPSA) is 83.8 Å². The van der Waals surface area contributed by atoms with E-state index >= 15 is 0 Å². The van der Waals surface area contributed by atoms with Crippen molar-refractivity contribution in [1.29, 1.82) is 5.26 Å². The van der Waals surface area contributed by atoms with Gasteiger partial charge in [0.05, 0.1) is 19.0 Å². The lowest BCUT2D eigenvalue weighted by Crippen LogP contribution is -2.33. The van der Waals surface area contributed by atoms with Crippen LogP contribution in [0.1, 0.15) is 11.4 Å². The van der Waals surface area contributed by atoms with Gasteiger partial charge in [0.1, 0.15) is 6.33 Å². The van der Waals surface area contributed by atoms with Crippen molar-refractivity contribution in [3.8, 4) is 6.07 Å². The van der Waals surface area contributed by atoms with Gasteiger partial charge in [0.2, 0.25) is 0 Å². The van der Waals surface area contributed by atoms with Crippen molar-refractivity contribution in [2.75, 3.05) is 17.2 Å². The van der Waals surface area contributed by atoms with Gasteiger partial charge in [-0.3, -0.25) is 0 Å². The van der Waals surface area contributed by atoms with Crippen LogP contribution in [0.25, 0.3) is 0 Å². The minimum atomic E-state index is 0.337. The Morgan fingerprint density at radius 1 is 1.37 bits per heavy atom. The van der Waals surface area contributed by atoms with Gasteiger partial charge in [0, 0.05) is 24.5 Å². The highest BCUT2D eigenvalue weighted by Gasteiger charge is 2.18. The van der Waals surface area contributed by atoms with E-state index in [0.29, 0.717) is 12.1 Å². The van der Waals surface area contributed by atoms with Crippen LogP contribution >= 0.6 is 0 Å². The summed E-state index contributed by atoms with van der Waals surface area (Å²) in [5.74, 6) is 0.963. The molecule has 6 heteroatoms. The van der Waals surface area contributed by atoms with Gasteiger partial charge in [-0.1, -0.05) is 0 Å². The summed E-state index contributed by atoms with van der Waals surface area (Å²) < 4.78 is 2.06. The molecule has 2 heterocycles. The van der Waals surface area contributed by atoms with Gasteiger partial charge >= 0.3 is 0 Å². The SMILES string of the molecule is N#CCc1cc(N2CCn3cnnc3C2)ccc1N. The highest BCUT2D eigenvalue weighted by molar-refractivity contribution is 5.59. The number of benzene rings is 1. The Balaban J connectivity index is 1.88. The van der Waals surface area contributed by atoms with Crippen molar-refractivity contribution < 1.29 is 0 Å². The molecule has 96 valence electrons. The van der Waals surface area contributed by atoms with Crippen molar-refractivity contribution in [1.82, 2.24) is 14.8 Å². The van der Waals surface area contributed by atoms with Gasteiger partial charge in [-0.2, -0.15) is 5.26 Å². The van der Waals surface area contributed by atoms with Gasteiger partial charge < -0.3 is 15.2 Å².